The maximum Gasteiger partial charge on any atom is 0.407 e. The number of carbonyl (C=O) groups is 3. The SMILES string of the molecule is CCOC(=O)C(NC(C)=O)c1ccccc1OCc1cc(-c2cccc(CNC(=O)OC(C)(C)C)c2)c2occc2c1. The van der Waals surface area contributed by atoms with Gasteiger partial charge in [-0.05, 0) is 74.7 Å². The fraction of sp³-hybridized carbons (Fsp3) is 0.303. The summed E-state index contributed by atoms with van der Waals surface area (Å²) >= 11 is 0. The van der Waals surface area contributed by atoms with Crippen molar-refractivity contribution in [1.82, 2.24) is 10.6 Å². The second-order valence-corrected chi connectivity index (χ2v) is 10.8. The molecule has 3 aromatic carbocycles. The number of furan rings is 1. The summed E-state index contributed by atoms with van der Waals surface area (Å²) in [7, 11) is 0. The Morgan fingerprint density at radius 2 is 1.74 bits per heavy atom. The molecule has 0 aliphatic rings. The first-order chi connectivity index (χ1) is 20.0. The van der Waals surface area contributed by atoms with Crippen LogP contribution in [0.2, 0.25) is 0 Å². The first-order valence-electron chi connectivity index (χ1n) is 13.8. The third-order valence-corrected chi connectivity index (χ3v) is 6.18. The van der Waals surface area contributed by atoms with Crippen LogP contribution in [0.5, 0.6) is 5.75 Å². The van der Waals surface area contributed by atoms with Gasteiger partial charge in [-0.15, -0.1) is 0 Å². The number of hydrogen-bond acceptors (Lipinski definition) is 7. The van der Waals surface area contributed by atoms with Crippen LogP contribution in [-0.2, 0) is 32.2 Å². The van der Waals surface area contributed by atoms with Crippen molar-refractivity contribution in [3.05, 3.63) is 89.7 Å². The molecule has 0 saturated heterocycles. The lowest BCUT2D eigenvalue weighted by molar-refractivity contribution is -0.147. The highest BCUT2D eigenvalue weighted by atomic mass is 16.6. The van der Waals surface area contributed by atoms with Crippen molar-refractivity contribution in [2.24, 2.45) is 0 Å². The largest absolute Gasteiger partial charge is 0.489 e. The number of fused-ring (bicyclic) bond motifs is 1. The van der Waals surface area contributed by atoms with Gasteiger partial charge in [-0.3, -0.25) is 4.79 Å². The summed E-state index contributed by atoms with van der Waals surface area (Å²) in [5.41, 5.74) is 4.20. The number of ether oxygens (including phenoxy) is 3. The van der Waals surface area contributed by atoms with Gasteiger partial charge in [0, 0.05) is 30.0 Å². The number of benzene rings is 3. The van der Waals surface area contributed by atoms with Gasteiger partial charge < -0.3 is 29.3 Å². The van der Waals surface area contributed by atoms with Crippen molar-refractivity contribution in [3.8, 4) is 16.9 Å². The number of amides is 2. The first kappa shape index (κ1) is 30.2. The Balaban J connectivity index is 1.58. The molecular weight excluding hydrogens is 536 g/mol. The molecule has 0 bridgehead atoms. The second kappa shape index (κ2) is 13.2. The lowest BCUT2D eigenvalue weighted by Gasteiger charge is -2.20. The minimum Gasteiger partial charge on any atom is -0.489 e. The molecule has 9 heteroatoms. The molecule has 0 radical (unpaired) electrons. The smallest absolute Gasteiger partial charge is 0.407 e. The molecule has 1 unspecified atom stereocenters. The Morgan fingerprint density at radius 3 is 2.48 bits per heavy atom. The van der Waals surface area contributed by atoms with E-state index in [0.717, 1.165) is 33.2 Å². The number of para-hydroxylation sites is 1. The maximum atomic E-state index is 12.7. The van der Waals surface area contributed by atoms with Crippen LogP contribution in [0.15, 0.2) is 77.4 Å². The van der Waals surface area contributed by atoms with Crippen molar-refractivity contribution < 1.29 is 33.0 Å². The number of hydrogen-bond donors (Lipinski definition) is 2. The summed E-state index contributed by atoms with van der Waals surface area (Å²) in [4.78, 5) is 36.7. The third-order valence-electron chi connectivity index (χ3n) is 6.18. The van der Waals surface area contributed by atoms with Crippen molar-refractivity contribution in [2.45, 2.75) is 59.4 Å². The van der Waals surface area contributed by atoms with Gasteiger partial charge >= 0.3 is 12.1 Å². The average molecular weight is 573 g/mol. The summed E-state index contributed by atoms with van der Waals surface area (Å²) in [6.45, 7) is 9.20. The minimum absolute atomic E-state index is 0.184. The number of carbonyl (C=O) groups excluding carboxylic acids is 3. The van der Waals surface area contributed by atoms with Crippen LogP contribution < -0.4 is 15.4 Å². The molecule has 0 aliphatic heterocycles. The lowest BCUT2D eigenvalue weighted by atomic mass is 9.99. The molecule has 4 aromatic rings. The Hall–Kier alpha value is -4.79. The van der Waals surface area contributed by atoms with E-state index < -0.39 is 23.7 Å². The van der Waals surface area contributed by atoms with Gasteiger partial charge in [-0.1, -0.05) is 36.4 Å². The van der Waals surface area contributed by atoms with E-state index >= 15 is 0 Å². The molecule has 4 rings (SSSR count). The Morgan fingerprint density at radius 1 is 0.952 bits per heavy atom. The average Bonchev–Trinajstić information content (AvgIpc) is 3.41. The van der Waals surface area contributed by atoms with Crippen LogP contribution in [0.1, 0.15) is 57.4 Å². The van der Waals surface area contributed by atoms with Gasteiger partial charge in [0.05, 0.1) is 12.9 Å². The van der Waals surface area contributed by atoms with Crippen molar-refractivity contribution in [3.63, 3.8) is 0 Å². The molecule has 1 atom stereocenters. The molecule has 2 N–H and O–H groups in total. The first-order valence-corrected chi connectivity index (χ1v) is 13.8. The van der Waals surface area contributed by atoms with Crippen LogP contribution in [-0.4, -0.2) is 30.2 Å². The normalized spacial score (nSPS) is 11.9. The highest BCUT2D eigenvalue weighted by molar-refractivity contribution is 5.93. The zero-order chi connectivity index (χ0) is 30.3. The van der Waals surface area contributed by atoms with E-state index in [9.17, 15) is 14.4 Å². The molecule has 0 spiro atoms. The summed E-state index contributed by atoms with van der Waals surface area (Å²) in [6.07, 6.45) is 1.16. The van der Waals surface area contributed by atoms with E-state index in [1.807, 2.05) is 63.2 Å². The van der Waals surface area contributed by atoms with Gasteiger partial charge in [0.2, 0.25) is 5.91 Å². The van der Waals surface area contributed by atoms with Gasteiger partial charge in [-0.2, -0.15) is 0 Å². The number of nitrogens with one attached hydrogen (secondary N) is 2. The Kier molecular flexibility index (Phi) is 9.52. The Labute approximate surface area is 245 Å². The van der Waals surface area contributed by atoms with Gasteiger partial charge in [0.25, 0.3) is 0 Å². The van der Waals surface area contributed by atoms with Crippen LogP contribution in [0, 0.1) is 0 Å². The predicted octanol–water partition coefficient (Wildman–Crippen LogP) is 6.44. The highest BCUT2D eigenvalue weighted by Gasteiger charge is 2.26. The van der Waals surface area contributed by atoms with E-state index in [-0.39, 0.29) is 19.1 Å². The highest BCUT2D eigenvalue weighted by Crippen LogP contribution is 2.33. The van der Waals surface area contributed by atoms with Crippen LogP contribution >= 0.6 is 0 Å². The standard InChI is InChI=1S/C33H36N2O7/c1-6-39-31(37)29(35-21(2)36)26-12-7-8-13-28(26)41-20-23-17-25-14-15-40-30(25)27(18-23)24-11-9-10-22(16-24)19-34-32(38)42-33(3,4)5/h7-18,29H,6,19-20H2,1-5H3,(H,34,38)(H,35,36). The van der Waals surface area contributed by atoms with Crippen molar-refractivity contribution in [2.75, 3.05) is 6.61 Å². The number of alkyl carbamates (subject to hydrolysis) is 1. The summed E-state index contributed by atoms with van der Waals surface area (Å²) in [5.74, 6) is -0.471. The molecule has 220 valence electrons. The van der Waals surface area contributed by atoms with Gasteiger partial charge in [0.1, 0.15) is 23.5 Å². The summed E-state index contributed by atoms with van der Waals surface area (Å²) in [5, 5.41) is 6.36. The van der Waals surface area contributed by atoms with E-state index in [2.05, 4.69) is 10.6 Å². The summed E-state index contributed by atoms with van der Waals surface area (Å²) in [6, 6.07) is 19.7. The lowest BCUT2D eigenvalue weighted by Crippen LogP contribution is -2.33. The molecule has 42 heavy (non-hydrogen) atoms. The fourth-order valence-electron chi connectivity index (χ4n) is 4.48. The number of esters is 1. The molecule has 0 aliphatic carbocycles. The zero-order valence-electron chi connectivity index (χ0n) is 24.5. The molecule has 2 amide bonds. The zero-order valence-corrected chi connectivity index (χ0v) is 24.5. The second-order valence-electron chi connectivity index (χ2n) is 10.8. The molecule has 1 aromatic heterocycles. The minimum atomic E-state index is -0.998. The van der Waals surface area contributed by atoms with E-state index in [1.54, 1.807) is 37.5 Å². The summed E-state index contributed by atoms with van der Waals surface area (Å²) < 4.78 is 22.6. The molecule has 1 heterocycles. The maximum absolute atomic E-state index is 12.7. The molecular formula is C33H36N2O7. The monoisotopic (exact) mass is 572 g/mol. The fourth-order valence-corrected chi connectivity index (χ4v) is 4.48. The van der Waals surface area contributed by atoms with Crippen LogP contribution in [0.3, 0.4) is 0 Å². The van der Waals surface area contributed by atoms with Crippen molar-refractivity contribution in [1.29, 1.82) is 0 Å². The molecule has 0 saturated carbocycles. The van der Waals surface area contributed by atoms with Crippen LogP contribution in [0.25, 0.3) is 22.1 Å². The molecule has 9 nitrogen and oxygen atoms in total. The van der Waals surface area contributed by atoms with Crippen LogP contribution in [0.4, 0.5) is 4.79 Å². The van der Waals surface area contributed by atoms with E-state index in [0.29, 0.717) is 17.9 Å². The van der Waals surface area contributed by atoms with E-state index in [1.165, 1.54) is 6.92 Å². The Bertz CT molecular complexity index is 1570. The molecule has 0 fully saturated rings. The predicted molar refractivity (Wildman–Crippen MR) is 159 cm³/mol. The number of rotatable bonds is 10. The van der Waals surface area contributed by atoms with Gasteiger partial charge in [-0.25, -0.2) is 9.59 Å². The van der Waals surface area contributed by atoms with Crippen molar-refractivity contribution >= 4 is 28.9 Å². The quantitative estimate of drug-likeness (QED) is 0.210. The van der Waals surface area contributed by atoms with E-state index in [4.69, 9.17) is 18.6 Å². The third kappa shape index (κ3) is 7.90. The topological polar surface area (TPSA) is 116 Å². The van der Waals surface area contributed by atoms with Gasteiger partial charge in [0.15, 0.2) is 6.04 Å².